The van der Waals surface area contributed by atoms with Crippen LogP contribution in [0.15, 0.2) is 45.8 Å². The number of para-hydroxylation sites is 1. The fraction of sp³-hybridized carbons (Fsp3) is 0. The largest absolute Gasteiger partial charge is 0.398 e. The average Bonchev–Trinajstić information content (AvgIpc) is 2.32. The molecular formula is C12H11BrFN3O2S. The predicted molar refractivity (Wildman–Crippen MR) is 79.6 cm³/mol. The lowest BCUT2D eigenvalue weighted by molar-refractivity contribution is 0.598. The first kappa shape index (κ1) is 14.8. The van der Waals surface area contributed by atoms with Gasteiger partial charge in [0, 0.05) is 10.2 Å². The first-order valence-electron chi connectivity index (χ1n) is 5.42. The van der Waals surface area contributed by atoms with Crippen LogP contribution in [0.2, 0.25) is 0 Å². The number of nitrogen functional groups attached to an aromatic ring is 1. The van der Waals surface area contributed by atoms with Gasteiger partial charge in [-0.1, -0.05) is 6.07 Å². The minimum absolute atomic E-state index is 0.00929. The van der Waals surface area contributed by atoms with Crippen molar-refractivity contribution in [2.75, 3.05) is 11.1 Å². The standard InChI is InChI=1S/C12H11BrFN3O2S/c13-8-2-1-3-9(14)12(8)17-7-4-5-11(10(15)6-7)20(16,18)19/h1-6,17H,15H2,(H2,16,18,19). The lowest BCUT2D eigenvalue weighted by Gasteiger charge is -2.11. The molecule has 0 atom stereocenters. The molecule has 8 heteroatoms. The third kappa shape index (κ3) is 3.09. The van der Waals surface area contributed by atoms with Crippen LogP contribution in [-0.2, 0) is 10.0 Å². The van der Waals surface area contributed by atoms with Crippen LogP contribution in [0.3, 0.4) is 0 Å². The molecule has 106 valence electrons. The van der Waals surface area contributed by atoms with E-state index in [1.165, 1.54) is 24.3 Å². The van der Waals surface area contributed by atoms with Gasteiger partial charge in [0.2, 0.25) is 10.0 Å². The summed E-state index contributed by atoms with van der Waals surface area (Å²) in [6.45, 7) is 0. The van der Waals surface area contributed by atoms with Crippen molar-refractivity contribution in [3.8, 4) is 0 Å². The summed E-state index contributed by atoms with van der Waals surface area (Å²) < 4.78 is 36.7. The summed E-state index contributed by atoms with van der Waals surface area (Å²) in [6.07, 6.45) is 0. The summed E-state index contributed by atoms with van der Waals surface area (Å²) in [5, 5.41) is 7.84. The first-order chi connectivity index (χ1) is 9.29. The monoisotopic (exact) mass is 359 g/mol. The number of primary sulfonamides is 1. The molecule has 20 heavy (non-hydrogen) atoms. The Morgan fingerprint density at radius 3 is 2.45 bits per heavy atom. The molecule has 0 saturated carbocycles. The van der Waals surface area contributed by atoms with Gasteiger partial charge in [0.25, 0.3) is 0 Å². The van der Waals surface area contributed by atoms with Crippen molar-refractivity contribution in [3.05, 3.63) is 46.7 Å². The van der Waals surface area contributed by atoms with Gasteiger partial charge in [0.15, 0.2) is 0 Å². The molecular weight excluding hydrogens is 349 g/mol. The van der Waals surface area contributed by atoms with Gasteiger partial charge in [-0.3, -0.25) is 0 Å². The van der Waals surface area contributed by atoms with Crippen molar-refractivity contribution in [3.63, 3.8) is 0 Å². The molecule has 0 unspecified atom stereocenters. The van der Waals surface area contributed by atoms with E-state index in [9.17, 15) is 12.8 Å². The van der Waals surface area contributed by atoms with Crippen molar-refractivity contribution in [1.29, 1.82) is 0 Å². The first-order valence-corrected chi connectivity index (χ1v) is 7.76. The molecule has 5 nitrogen and oxygen atoms in total. The zero-order valence-corrected chi connectivity index (χ0v) is 12.5. The van der Waals surface area contributed by atoms with E-state index in [4.69, 9.17) is 10.9 Å². The summed E-state index contributed by atoms with van der Waals surface area (Å²) in [6, 6.07) is 8.63. The average molecular weight is 360 g/mol. The maximum Gasteiger partial charge on any atom is 0.240 e. The maximum atomic E-state index is 13.7. The van der Waals surface area contributed by atoms with Gasteiger partial charge < -0.3 is 11.1 Å². The van der Waals surface area contributed by atoms with Crippen molar-refractivity contribution >= 4 is 43.0 Å². The van der Waals surface area contributed by atoms with E-state index in [2.05, 4.69) is 21.2 Å². The molecule has 0 radical (unpaired) electrons. The number of nitrogens with one attached hydrogen (secondary N) is 1. The third-order valence-electron chi connectivity index (χ3n) is 2.55. The van der Waals surface area contributed by atoms with E-state index in [0.717, 1.165) is 0 Å². The summed E-state index contributed by atoms with van der Waals surface area (Å²) in [5.41, 5.74) is 6.30. The second kappa shape index (κ2) is 5.39. The van der Waals surface area contributed by atoms with Gasteiger partial charge in [-0.15, -0.1) is 0 Å². The van der Waals surface area contributed by atoms with E-state index in [0.29, 0.717) is 10.2 Å². The van der Waals surface area contributed by atoms with Crippen molar-refractivity contribution < 1.29 is 12.8 Å². The normalized spacial score (nSPS) is 11.3. The molecule has 0 aromatic heterocycles. The van der Waals surface area contributed by atoms with Gasteiger partial charge in [0.05, 0.1) is 11.4 Å². The van der Waals surface area contributed by atoms with Crippen LogP contribution in [0.5, 0.6) is 0 Å². The zero-order valence-electron chi connectivity index (χ0n) is 10.1. The maximum absolute atomic E-state index is 13.7. The second-order valence-corrected chi connectivity index (χ2v) is 6.40. The van der Waals surface area contributed by atoms with E-state index < -0.39 is 15.8 Å². The highest BCUT2D eigenvalue weighted by Crippen LogP contribution is 2.30. The van der Waals surface area contributed by atoms with Crippen LogP contribution in [-0.4, -0.2) is 8.42 Å². The van der Waals surface area contributed by atoms with E-state index >= 15 is 0 Å². The fourth-order valence-corrected chi connectivity index (χ4v) is 2.73. The number of hydrogen-bond donors (Lipinski definition) is 3. The van der Waals surface area contributed by atoms with Gasteiger partial charge >= 0.3 is 0 Å². The van der Waals surface area contributed by atoms with E-state index in [1.54, 1.807) is 12.1 Å². The molecule has 2 aromatic rings. The molecule has 5 N–H and O–H groups in total. The highest BCUT2D eigenvalue weighted by atomic mass is 79.9. The van der Waals surface area contributed by atoms with Crippen LogP contribution in [0.25, 0.3) is 0 Å². The Morgan fingerprint density at radius 1 is 1.20 bits per heavy atom. The molecule has 0 amide bonds. The van der Waals surface area contributed by atoms with Crippen LogP contribution >= 0.6 is 15.9 Å². The number of halogens is 2. The van der Waals surface area contributed by atoms with Gasteiger partial charge in [-0.05, 0) is 46.3 Å². The fourth-order valence-electron chi connectivity index (χ4n) is 1.65. The molecule has 2 aromatic carbocycles. The van der Waals surface area contributed by atoms with Crippen LogP contribution in [0.1, 0.15) is 0 Å². The lowest BCUT2D eigenvalue weighted by Crippen LogP contribution is -2.14. The van der Waals surface area contributed by atoms with Crippen molar-refractivity contribution in [2.24, 2.45) is 5.14 Å². The van der Waals surface area contributed by atoms with Gasteiger partial charge in [-0.25, -0.2) is 17.9 Å². The zero-order chi connectivity index (χ0) is 14.9. The topological polar surface area (TPSA) is 98.2 Å². The Hall–Kier alpha value is -1.64. The highest BCUT2D eigenvalue weighted by molar-refractivity contribution is 9.10. The molecule has 0 aliphatic rings. The number of anilines is 3. The Bertz CT molecular complexity index is 745. The predicted octanol–water partition coefficient (Wildman–Crippen LogP) is 2.56. The molecule has 0 aliphatic heterocycles. The lowest BCUT2D eigenvalue weighted by atomic mass is 10.2. The second-order valence-electron chi connectivity index (χ2n) is 4.02. The Kier molecular flexibility index (Phi) is 3.98. The third-order valence-corrected chi connectivity index (χ3v) is 4.19. The Morgan fingerprint density at radius 2 is 1.90 bits per heavy atom. The molecule has 0 heterocycles. The van der Waals surface area contributed by atoms with Crippen LogP contribution in [0.4, 0.5) is 21.5 Å². The Labute approximate surface area is 124 Å². The molecule has 0 spiro atoms. The summed E-state index contributed by atoms with van der Waals surface area (Å²) >= 11 is 3.22. The number of rotatable bonds is 3. The van der Waals surface area contributed by atoms with Crippen molar-refractivity contribution in [2.45, 2.75) is 4.90 Å². The number of nitrogens with two attached hydrogens (primary N) is 2. The molecule has 2 rings (SSSR count). The van der Waals surface area contributed by atoms with E-state index in [1.807, 2.05) is 0 Å². The van der Waals surface area contributed by atoms with Crippen LogP contribution in [0, 0.1) is 5.82 Å². The highest BCUT2D eigenvalue weighted by Gasteiger charge is 2.13. The quantitative estimate of drug-likeness (QED) is 0.733. The van der Waals surface area contributed by atoms with Crippen molar-refractivity contribution in [1.82, 2.24) is 0 Å². The SMILES string of the molecule is Nc1cc(Nc2c(F)cccc2Br)ccc1S(N)(=O)=O. The smallest absolute Gasteiger partial charge is 0.240 e. The van der Waals surface area contributed by atoms with E-state index in [-0.39, 0.29) is 16.3 Å². The number of sulfonamides is 1. The minimum atomic E-state index is -3.88. The molecule has 0 fully saturated rings. The summed E-state index contributed by atoms with van der Waals surface area (Å²) in [5.74, 6) is -0.450. The van der Waals surface area contributed by atoms with Gasteiger partial charge in [-0.2, -0.15) is 0 Å². The molecule has 0 aliphatic carbocycles. The molecule has 0 bridgehead atoms. The van der Waals surface area contributed by atoms with Crippen LogP contribution < -0.4 is 16.2 Å². The number of hydrogen-bond acceptors (Lipinski definition) is 4. The minimum Gasteiger partial charge on any atom is -0.398 e. The Balaban J connectivity index is 2.39. The number of benzene rings is 2. The van der Waals surface area contributed by atoms with Gasteiger partial charge in [0.1, 0.15) is 10.7 Å². The summed E-state index contributed by atoms with van der Waals surface area (Å²) in [7, 11) is -3.88. The molecule has 0 saturated heterocycles. The summed E-state index contributed by atoms with van der Waals surface area (Å²) in [4.78, 5) is -0.171.